The topological polar surface area (TPSA) is 51.8 Å². The van der Waals surface area contributed by atoms with Crippen LogP contribution < -0.4 is 5.73 Å². The van der Waals surface area contributed by atoms with Crippen LogP contribution in [0.25, 0.3) is 10.8 Å². The van der Waals surface area contributed by atoms with E-state index in [9.17, 15) is 0 Å². The van der Waals surface area contributed by atoms with Gasteiger partial charge in [0.2, 0.25) is 0 Å². The highest BCUT2D eigenvalue weighted by atomic mass is 35.5. The quantitative estimate of drug-likeness (QED) is 0.776. The lowest BCUT2D eigenvalue weighted by molar-refractivity contribution is 0.831. The predicted octanol–water partition coefficient (Wildman–Crippen LogP) is 3.33. The van der Waals surface area contributed by atoms with Gasteiger partial charge in [0.15, 0.2) is 0 Å². The molecule has 2 N–H and O–H groups in total. The van der Waals surface area contributed by atoms with Crippen LogP contribution in [0.2, 0.25) is 5.02 Å². The lowest BCUT2D eigenvalue weighted by atomic mass is 10.00. The van der Waals surface area contributed by atoms with Crippen LogP contribution >= 0.6 is 11.6 Å². The van der Waals surface area contributed by atoms with Crippen LogP contribution in [0, 0.1) is 0 Å². The molecule has 0 aliphatic heterocycles. The van der Waals surface area contributed by atoms with Gasteiger partial charge >= 0.3 is 0 Å². The zero-order valence-corrected chi connectivity index (χ0v) is 10.9. The van der Waals surface area contributed by atoms with E-state index in [4.69, 9.17) is 17.3 Å². The molecule has 4 heteroatoms. The van der Waals surface area contributed by atoms with Crippen molar-refractivity contribution in [3.05, 3.63) is 71.3 Å². The molecule has 1 atom stereocenters. The molecule has 0 fully saturated rings. The van der Waals surface area contributed by atoms with Gasteiger partial charge in [-0.1, -0.05) is 35.9 Å². The Labute approximate surface area is 116 Å². The average molecular weight is 270 g/mol. The van der Waals surface area contributed by atoms with Gasteiger partial charge in [0.25, 0.3) is 0 Å². The maximum atomic E-state index is 6.29. The Balaban J connectivity index is 2.11. The van der Waals surface area contributed by atoms with Crippen LogP contribution in [-0.4, -0.2) is 9.97 Å². The second kappa shape index (κ2) is 4.96. The maximum Gasteiger partial charge on any atom is 0.0747 e. The third-order valence-electron chi connectivity index (χ3n) is 3.10. The molecule has 0 saturated carbocycles. The molecule has 1 unspecified atom stereocenters. The van der Waals surface area contributed by atoms with Crippen LogP contribution in [0.15, 0.2) is 55.0 Å². The van der Waals surface area contributed by atoms with Gasteiger partial charge in [-0.15, -0.1) is 0 Å². The number of benzene rings is 1. The molecule has 0 saturated heterocycles. The zero-order chi connectivity index (χ0) is 13.2. The molecule has 0 spiro atoms. The van der Waals surface area contributed by atoms with Crippen molar-refractivity contribution < 1.29 is 0 Å². The molecule has 0 amide bonds. The van der Waals surface area contributed by atoms with E-state index in [-0.39, 0.29) is 6.04 Å². The van der Waals surface area contributed by atoms with E-state index in [0.717, 1.165) is 22.0 Å². The minimum atomic E-state index is -0.309. The molecule has 0 bridgehead atoms. The van der Waals surface area contributed by atoms with Crippen LogP contribution in [-0.2, 0) is 0 Å². The molecule has 3 rings (SSSR count). The Bertz CT molecular complexity index is 705. The molecule has 94 valence electrons. The predicted molar refractivity (Wildman–Crippen MR) is 77.0 cm³/mol. The second-order valence-electron chi connectivity index (χ2n) is 4.33. The van der Waals surface area contributed by atoms with Crippen molar-refractivity contribution in [1.82, 2.24) is 9.97 Å². The van der Waals surface area contributed by atoms with Crippen LogP contribution in [0.5, 0.6) is 0 Å². The molecule has 0 aliphatic rings. The first-order chi connectivity index (χ1) is 9.25. The second-order valence-corrected chi connectivity index (χ2v) is 4.77. The molecule has 3 nitrogen and oxygen atoms in total. The van der Waals surface area contributed by atoms with Gasteiger partial charge in [-0.3, -0.25) is 9.97 Å². The summed E-state index contributed by atoms with van der Waals surface area (Å²) in [5.41, 5.74) is 8.03. The van der Waals surface area contributed by atoms with E-state index in [1.54, 1.807) is 18.5 Å². The zero-order valence-electron chi connectivity index (χ0n) is 10.1. The SMILES string of the molecule is NC(c1ccc(Cl)cn1)c1cncc2ccccc12. The van der Waals surface area contributed by atoms with Crippen LogP contribution in [0.3, 0.4) is 0 Å². The first kappa shape index (κ1) is 12.1. The van der Waals surface area contributed by atoms with Crippen molar-refractivity contribution in [2.24, 2.45) is 5.73 Å². The molecular weight excluding hydrogens is 258 g/mol. The molecule has 3 aromatic rings. The van der Waals surface area contributed by atoms with Crippen molar-refractivity contribution in [3.8, 4) is 0 Å². The molecular formula is C15H12ClN3. The van der Waals surface area contributed by atoms with E-state index in [0.29, 0.717) is 5.02 Å². The lowest BCUT2D eigenvalue weighted by Gasteiger charge is -2.13. The van der Waals surface area contributed by atoms with Crippen molar-refractivity contribution in [2.45, 2.75) is 6.04 Å². The number of fused-ring (bicyclic) bond motifs is 1. The fourth-order valence-corrected chi connectivity index (χ4v) is 2.23. The van der Waals surface area contributed by atoms with Crippen LogP contribution in [0.4, 0.5) is 0 Å². The van der Waals surface area contributed by atoms with Crippen molar-refractivity contribution in [1.29, 1.82) is 0 Å². The van der Waals surface area contributed by atoms with Crippen molar-refractivity contribution in [2.75, 3.05) is 0 Å². The van der Waals surface area contributed by atoms with E-state index in [1.807, 2.05) is 36.5 Å². The summed E-state index contributed by atoms with van der Waals surface area (Å²) in [6.07, 6.45) is 5.24. The maximum absolute atomic E-state index is 6.29. The molecule has 0 radical (unpaired) electrons. The Hall–Kier alpha value is -1.97. The van der Waals surface area contributed by atoms with Crippen molar-refractivity contribution >= 4 is 22.4 Å². The van der Waals surface area contributed by atoms with Gasteiger partial charge in [0.1, 0.15) is 0 Å². The van der Waals surface area contributed by atoms with E-state index in [1.165, 1.54) is 0 Å². The normalized spacial score (nSPS) is 12.5. The summed E-state index contributed by atoms with van der Waals surface area (Å²) >= 11 is 5.84. The van der Waals surface area contributed by atoms with Gasteiger partial charge in [0, 0.05) is 29.5 Å². The third-order valence-corrected chi connectivity index (χ3v) is 3.33. The van der Waals surface area contributed by atoms with Gasteiger partial charge in [0.05, 0.1) is 16.8 Å². The Morgan fingerprint density at radius 3 is 2.63 bits per heavy atom. The smallest absolute Gasteiger partial charge is 0.0747 e. The van der Waals surface area contributed by atoms with Gasteiger partial charge in [-0.25, -0.2) is 0 Å². The number of pyridine rings is 2. The fourth-order valence-electron chi connectivity index (χ4n) is 2.12. The summed E-state index contributed by atoms with van der Waals surface area (Å²) in [4.78, 5) is 8.52. The van der Waals surface area contributed by atoms with E-state index < -0.39 is 0 Å². The van der Waals surface area contributed by atoms with Gasteiger partial charge in [-0.05, 0) is 17.5 Å². The largest absolute Gasteiger partial charge is 0.319 e. The number of hydrogen-bond donors (Lipinski definition) is 1. The summed E-state index contributed by atoms with van der Waals surface area (Å²) in [6, 6.07) is 11.4. The molecule has 2 aromatic heterocycles. The van der Waals surface area contributed by atoms with Crippen molar-refractivity contribution in [3.63, 3.8) is 0 Å². The van der Waals surface area contributed by atoms with E-state index in [2.05, 4.69) is 9.97 Å². The van der Waals surface area contributed by atoms with Gasteiger partial charge in [-0.2, -0.15) is 0 Å². The summed E-state index contributed by atoms with van der Waals surface area (Å²) in [5.74, 6) is 0. The molecule has 2 heterocycles. The summed E-state index contributed by atoms with van der Waals surface area (Å²) in [6.45, 7) is 0. The number of nitrogens with zero attached hydrogens (tertiary/aromatic N) is 2. The first-order valence-electron chi connectivity index (χ1n) is 5.95. The Morgan fingerprint density at radius 2 is 1.84 bits per heavy atom. The highest BCUT2D eigenvalue weighted by Gasteiger charge is 2.13. The standard InChI is InChI=1S/C15H12ClN3/c16-11-5-6-14(19-8-11)15(17)13-9-18-7-10-3-1-2-4-12(10)13/h1-9,15H,17H2. The molecule has 0 aliphatic carbocycles. The first-order valence-corrected chi connectivity index (χ1v) is 6.33. The molecule has 19 heavy (non-hydrogen) atoms. The monoisotopic (exact) mass is 269 g/mol. The summed E-state index contributed by atoms with van der Waals surface area (Å²) in [7, 11) is 0. The van der Waals surface area contributed by atoms with Gasteiger partial charge < -0.3 is 5.73 Å². The summed E-state index contributed by atoms with van der Waals surface area (Å²) < 4.78 is 0. The number of rotatable bonds is 2. The number of hydrogen-bond acceptors (Lipinski definition) is 3. The van der Waals surface area contributed by atoms with Crippen LogP contribution in [0.1, 0.15) is 17.3 Å². The Morgan fingerprint density at radius 1 is 1.00 bits per heavy atom. The summed E-state index contributed by atoms with van der Waals surface area (Å²) in [5, 5.41) is 2.78. The number of halogens is 1. The molecule has 1 aromatic carbocycles. The highest BCUT2D eigenvalue weighted by molar-refractivity contribution is 6.30. The Kier molecular flexibility index (Phi) is 3.15. The minimum Gasteiger partial charge on any atom is -0.319 e. The third kappa shape index (κ3) is 2.30. The van der Waals surface area contributed by atoms with E-state index >= 15 is 0 Å². The fraction of sp³-hybridized carbons (Fsp3) is 0.0667. The minimum absolute atomic E-state index is 0.309. The average Bonchev–Trinajstić information content (AvgIpc) is 2.47. The lowest BCUT2D eigenvalue weighted by Crippen LogP contribution is -2.14. The number of aromatic nitrogens is 2. The highest BCUT2D eigenvalue weighted by Crippen LogP contribution is 2.25. The number of nitrogens with two attached hydrogens (primary N) is 1.